The largest absolute Gasteiger partial charge is 0.462 e. The summed E-state index contributed by atoms with van der Waals surface area (Å²) in [6.45, 7) is 6.87. The van der Waals surface area contributed by atoms with Crippen molar-refractivity contribution >= 4 is 5.97 Å². The maximum Gasteiger partial charge on any atom is 0.335 e. The van der Waals surface area contributed by atoms with Gasteiger partial charge >= 0.3 is 11.6 Å². The maximum atomic E-state index is 11.8. The number of hydrogen-bond donors (Lipinski definition) is 0. The molecular weight excluding hydrogens is 388 g/mol. The van der Waals surface area contributed by atoms with Crippen LogP contribution in [0.5, 0.6) is 0 Å². The SMILES string of the molecule is CCC(=O)O[C@H]1CC[C@]2(C)C3CC[C@@]4(C)C(=CC[C@@H]4c4ccc(=O)oc4)[C@@H]3CC[C@@H]2C1. The number of rotatable bonds is 3. The van der Waals surface area contributed by atoms with Crippen molar-refractivity contribution in [3.05, 3.63) is 46.0 Å². The molecule has 0 aromatic carbocycles. The summed E-state index contributed by atoms with van der Waals surface area (Å²) in [5.41, 5.74) is 3.12. The molecule has 0 spiro atoms. The monoisotopic (exact) mass is 424 g/mol. The summed E-state index contributed by atoms with van der Waals surface area (Å²) in [4.78, 5) is 23.3. The van der Waals surface area contributed by atoms with Crippen molar-refractivity contribution in [2.45, 2.75) is 90.6 Å². The highest BCUT2D eigenvalue weighted by atomic mass is 16.5. The zero-order valence-electron chi connectivity index (χ0n) is 19.2. The normalized spacial score (nSPS) is 41.5. The molecule has 4 nitrogen and oxygen atoms in total. The van der Waals surface area contributed by atoms with Crippen LogP contribution in [-0.4, -0.2) is 12.1 Å². The number of esters is 1. The molecule has 1 unspecified atom stereocenters. The van der Waals surface area contributed by atoms with E-state index in [1.807, 2.05) is 13.0 Å². The van der Waals surface area contributed by atoms with Crippen molar-refractivity contribution in [3.8, 4) is 0 Å². The number of fused-ring (bicyclic) bond motifs is 5. The van der Waals surface area contributed by atoms with Gasteiger partial charge in [0.15, 0.2) is 0 Å². The first-order valence-corrected chi connectivity index (χ1v) is 12.3. The van der Waals surface area contributed by atoms with Gasteiger partial charge in [-0.15, -0.1) is 0 Å². The van der Waals surface area contributed by atoms with E-state index in [1.165, 1.54) is 37.7 Å². The predicted octanol–water partition coefficient (Wildman–Crippen LogP) is 6.01. The summed E-state index contributed by atoms with van der Waals surface area (Å²) < 4.78 is 11.0. The lowest BCUT2D eigenvalue weighted by Crippen LogP contribution is -2.52. The highest BCUT2D eigenvalue weighted by Crippen LogP contribution is 2.67. The van der Waals surface area contributed by atoms with Crippen LogP contribution in [0.15, 0.2) is 39.3 Å². The highest BCUT2D eigenvalue weighted by Gasteiger charge is 2.58. The molecular formula is C27H36O4. The van der Waals surface area contributed by atoms with E-state index in [4.69, 9.17) is 9.15 Å². The predicted molar refractivity (Wildman–Crippen MR) is 120 cm³/mol. The number of carbonyl (C=O) groups excluding carboxylic acids is 1. The first-order valence-electron chi connectivity index (χ1n) is 12.3. The molecule has 1 aromatic heterocycles. The van der Waals surface area contributed by atoms with E-state index in [9.17, 15) is 9.59 Å². The van der Waals surface area contributed by atoms with Gasteiger partial charge in [-0.2, -0.15) is 0 Å². The molecule has 1 heterocycles. The number of hydrogen-bond acceptors (Lipinski definition) is 4. The quantitative estimate of drug-likeness (QED) is 0.440. The molecule has 4 heteroatoms. The Morgan fingerprint density at radius 1 is 1.16 bits per heavy atom. The minimum absolute atomic E-state index is 0.0466. The molecule has 1 aromatic rings. The average molecular weight is 425 g/mol. The third kappa shape index (κ3) is 3.32. The number of carbonyl (C=O) groups is 1. The van der Waals surface area contributed by atoms with Crippen LogP contribution in [0, 0.1) is 28.6 Å². The van der Waals surface area contributed by atoms with Gasteiger partial charge in [0.1, 0.15) is 6.10 Å². The topological polar surface area (TPSA) is 56.5 Å². The smallest absolute Gasteiger partial charge is 0.335 e. The number of allylic oxidation sites excluding steroid dienone is 2. The Hall–Kier alpha value is -1.84. The minimum atomic E-state index is -0.268. The van der Waals surface area contributed by atoms with Gasteiger partial charge in [-0.05, 0) is 97.5 Å². The Morgan fingerprint density at radius 3 is 2.74 bits per heavy atom. The summed E-state index contributed by atoms with van der Waals surface area (Å²) in [5.74, 6) is 2.45. The first-order chi connectivity index (χ1) is 14.8. The molecule has 31 heavy (non-hydrogen) atoms. The van der Waals surface area contributed by atoms with Crippen LogP contribution < -0.4 is 5.63 Å². The van der Waals surface area contributed by atoms with Crippen LogP contribution in [0.1, 0.15) is 90.0 Å². The standard InChI is InChI=1S/C27H36O4/c1-4-24(28)31-19-11-13-26(2)18(15-19)6-7-20-22-9-8-21(17-5-10-25(29)30-16-17)27(22,3)14-12-23(20)26/h5,9-10,16,18-21,23H,4,6-8,11-15H2,1-3H3/t18-,19+,20+,21-,23?,26+,27-/m1/s1. The van der Waals surface area contributed by atoms with Crippen LogP contribution in [0.2, 0.25) is 0 Å². The molecule has 0 N–H and O–H groups in total. The molecule has 5 rings (SSSR count). The third-order valence-electron chi connectivity index (χ3n) is 9.73. The third-order valence-corrected chi connectivity index (χ3v) is 9.73. The molecule has 0 radical (unpaired) electrons. The van der Waals surface area contributed by atoms with Gasteiger partial charge in [0.05, 0.1) is 6.26 Å². The van der Waals surface area contributed by atoms with E-state index in [0.717, 1.165) is 25.2 Å². The Morgan fingerprint density at radius 2 is 2.00 bits per heavy atom. The zero-order chi connectivity index (χ0) is 21.8. The summed E-state index contributed by atoms with van der Waals surface area (Å²) in [6.07, 6.45) is 14.1. The van der Waals surface area contributed by atoms with Crippen LogP contribution in [0.4, 0.5) is 0 Å². The Labute approximate surface area is 185 Å². The van der Waals surface area contributed by atoms with E-state index >= 15 is 0 Å². The van der Waals surface area contributed by atoms with Crippen molar-refractivity contribution in [2.24, 2.45) is 28.6 Å². The summed E-state index contributed by atoms with van der Waals surface area (Å²) >= 11 is 0. The Bertz CT molecular complexity index is 924. The molecule has 168 valence electrons. The lowest BCUT2D eigenvalue weighted by atomic mass is 9.46. The van der Waals surface area contributed by atoms with Crippen molar-refractivity contribution in [1.29, 1.82) is 0 Å². The highest BCUT2D eigenvalue weighted by molar-refractivity contribution is 5.69. The van der Waals surface area contributed by atoms with E-state index < -0.39 is 0 Å². The first kappa shape index (κ1) is 21.0. The molecule has 3 fully saturated rings. The molecule has 0 saturated heterocycles. The van der Waals surface area contributed by atoms with Gasteiger partial charge in [0.25, 0.3) is 0 Å². The van der Waals surface area contributed by atoms with Gasteiger partial charge in [0.2, 0.25) is 0 Å². The molecule has 4 aliphatic rings. The second-order valence-corrected chi connectivity index (χ2v) is 11.0. The number of ether oxygens (including phenoxy) is 1. The molecule has 0 aliphatic heterocycles. The van der Waals surface area contributed by atoms with Crippen LogP contribution in [-0.2, 0) is 9.53 Å². The van der Waals surface area contributed by atoms with Gasteiger partial charge < -0.3 is 9.15 Å². The summed E-state index contributed by atoms with van der Waals surface area (Å²) in [7, 11) is 0. The fourth-order valence-corrected chi connectivity index (χ4v) is 8.00. The van der Waals surface area contributed by atoms with Crippen LogP contribution >= 0.6 is 0 Å². The summed E-state index contributed by atoms with van der Waals surface area (Å²) in [6, 6.07) is 3.54. The van der Waals surface area contributed by atoms with Crippen molar-refractivity contribution < 1.29 is 13.9 Å². The van der Waals surface area contributed by atoms with Crippen LogP contribution in [0.25, 0.3) is 0 Å². The second-order valence-electron chi connectivity index (χ2n) is 11.0. The van der Waals surface area contributed by atoms with E-state index in [0.29, 0.717) is 29.6 Å². The zero-order valence-corrected chi connectivity index (χ0v) is 19.2. The Kier molecular flexibility index (Phi) is 5.18. The maximum absolute atomic E-state index is 11.8. The molecule has 3 saturated carbocycles. The summed E-state index contributed by atoms with van der Waals surface area (Å²) in [5, 5.41) is 0. The minimum Gasteiger partial charge on any atom is -0.462 e. The fraction of sp³-hybridized carbons (Fsp3) is 0.704. The average Bonchev–Trinajstić information content (AvgIpc) is 3.11. The van der Waals surface area contributed by atoms with E-state index in [2.05, 4.69) is 19.9 Å². The Balaban J connectivity index is 1.35. The molecule has 4 aliphatic carbocycles. The van der Waals surface area contributed by atoms with Crippen LogP contribution in [0.3, 0.4) is 0 Å². The lowest BCUT2D eigenvalue weighted by molar-refractivity contribution is -0.157. The second kappa shape index (κ2) is 7.64. The van der Waals surface area contributed by atoms with Gasteiger partial charge in [0, 0.05) is 12.5 Å². The van der Waals surface area contributed by atoms with Crippen molar-refractivity contribution in [3.63, 3.8) is 0 Å². The van der Waals surface area contributed by atoms with Crippen molar-refractivity contribution in [2.75, 3.05) is 0 Å². The molecule has 0 bridgehead atoms. The van der Waals surface area contributed by atoms with E-state index in [-0.39, 0.29) is 23.1 Å². The van der Waals surface area contributed by atoms with E-state index in [1.54, 1.807) is 17.9 Å². The van der Waals surface area contributed by atoms with Gasteiger partial charge in [-0.1, -0.05) is 32.4 Å². The molecule has 0 amide bonds. The fourth-order valence-electron chi connectivity index (χ4n) is 8.00. The van der Waals surface area contributed by atoms with Crippen molar-refractivity contribution in [1.82, 2.24) is 0 Å². The molecule has 7 atom stereocenters. The van der Waals surface area contributed by atoms with Gasteiger partial charge in [-0.25, -0.2) is 4.79 Å². The lowest BCUT2D eigenvalue weighted by Gasteiger charge is -2.59. The van der Waals surface area contributed by atoms with Gasteiger partial charge in [-0.3, -0.25) is 4.79 Å².